The topological polar surface area (TPSA) is 35.5 Å². The summed E-state index contributed by atoms with van der Waals surface area (Å²) in [5, 5.41) is 0. The Morgan fingerprint density at radius 3 is 2.83 bits per heavy atom. The van der Waals surface area contributed by atoms with E-state index in [0.29, 0.717) is 0 Å². The molecule has 0 aromatic heterocycles. The highest BCUT2D eigenvalue weighted by molar-refractivity contribution is 5.82. The largest absolute Gasteiger partial charge is 0.481 e. The van der Waals surface area contributed by atoms with Gasteiger partial charge < -0.3 is 9.47 Å². The molecule has 0 fully saturated rings. The molecule has 3 heteroatoms. The second kappa shape index (κ2) is 6.07. The predicted octanol–water partition coefficient (Wildman–Crippen LogP) is 4.31. The predicted molar refractivity (Wildman–Crippen MR) is 91.1 cm³/mol. The van der Waals surface area contributed by atoms with Crippen molar-refractivity contribution in [3.8, 4) is 5.75 Å². The minimum atomic E-state index is -0.461. The SMILES string of the molecule is CCC(C)(C)C(=O)OCC1=C2C=CC=CC2Oc2ccccc21. The first kappa shape index (κ1) is 15.6. The van der Waals surface area contributed by atoms with Crippen LogP contribution in [0.1, 0.15) is 32.8 Å². The van der Waals surface area contributed by atoms with Gasteiger partial charge >= 0.3 is 5.97 Å². The van der Waals surface area contributed by atoms with E-state index in [1.807, 2.05) is 69.3 Å². The van der Waals surface area contributed by atoms with E-state index in [1.165, 1.54) is 0 Å². The maximum atomic E-state index is 12.3. The molecule has 0 amide bonds. The Bertz CT molecular complexity index is 707. The van der Waals surface area contributed by atoms with Gasteiger partial charge in [0.25, 0.3) is 0 Å². The number of para-hydroxylation sites is 1. The van der Waals surface area contributed by atoms with Gasteiger partial charge in [-0.15, -0.1) is 0 Å². The molecule has 1 atom stereocenters. The van der Waals surface area contributed by atoms with E-state index in [2.05, 4.69) is 0 Å². The summed E-state index contributed by atoms with van der Waals surface area (Å²) >= 11 is 0. The van der Waals surface area contributed by atoms with Crippen LogP contribution in [0, 0.1) is 5.41 Å². The Morgan fingerprint density at radius 2 is 2.04 bits per heavy atom. The van der Waals surface area contributed by atoms with E-state index < -0.39 is 5.41 Å². The van der Waals surface area contributed by atoms with E-state index in [1.54, 1.807) is 0 Å². The van der Waals surface area contributed by atoms with Crippen LogP contribution in [0.3, 0.4) is 0 Å². The third-order valence-electron chi connectivity index (χ3n) is 4.58. The summed E-state index contributed by atoms with van der Waals surface area (Å²) in [6.45, 7) is 6.10. The molecule has 0 spiro atoms. The molecule has 120 valence electrons. The fraction of sp³-hybridized carbons (Fsp3) is 0.350. The summed E-state index contributed by atoms with van der Waals surface area (Å²) in [5.74, 6) is 0.672. The number of rotatable bonds is 4. The Hall–Kier alpha value is -2.29. The number of carbonyl (C=O) groups is 1. The average Bonchev–Trinajstić information content (AvgIpc) is 2.58. The van der Waals surface area contributed by atoms with Crippen molar-refractivity contribution in [1.82, 2.24) is 0 Å². The zero-order chi connectivity index (χ0) is 16.4. The van der Waals surface area contributed by atoms with Crippen LogP contribution in [0.25, 0.3) is 5.57 Å². The van der Waals surface area contributed by atoms with Crippen molar-refractivity contribution in [3.63, 3.8) is 0 Å². The monoisotopic (exact) mass is 310 g/mol. The van der Waals surface area contributed by atoms with Crippen LogP contribution in [0.15, 0.2) is 54.1 Å². The standard InChI is InChI=1S/C20H22O3/c1-4-20(2,3)19(21)22-13-16-14-9-5-7-11-17(14)23-18-12-8-6-10-15(16)18/h5-12,17H,4,13H2,1-3H3. The van der Waals surface area contributed by atoms with Crippen molar-refractivity contribution in [1.29, 1.82) is 0 Å². The van der Waals surface area contributed by atoms with Gasteiger partial charge in [0.15, 0.2) is 0 Å². The van der Waals surface area contributed by atoms with Crippen LogP contribution in [0.5, 0.6) is 5.75 Å². The number of hydrogen-bond donors (Lipinski definition) is 0. The Morgan fingerprint density at radius 1 is 1.26 bits per heavy atom. The molecule has 0 bridgehead atoms. The van der Waals surface area contributed by atoms with Gasteiger partial charge in [-0.1, -0.05) is 43.4 Å². The third kappa shape index (κ3) is 2.96. The van der Waals surface area contributed by atoms with E-state index in [-0.39, 0.29) is 18.7 Å². The van der Waals surface area contributed by atoms with Crippen molar-refractivity contribution in [3.05, 3.63) is 59.7 Å². The Kier molecular flexibility index (Phi) is 4.12. The maximum absolute atomic E-state index is 12.3. The van der Waals surface area contributed by atoms with Crippen LogP contribution in [-0.2, 0) is 9.53 Å². The van der Waals surface area contributed by atoms with Crippen molar-refractivity contribution in [2.45, 2.75) is 33.3 Å². The summed E-state index contributed by atoms with van der Waals surface area (Å²) in [4.78, 5) is 12.3. The zero-order valence-corrected chi connectivity index (χ0v) is 13.8. The molecule has 1 heterocycles. The summed E-state index contributed by atoms with van der Waals surface area (Å²) in [6, 6.07) is 7.90. The number of carbonyl (C=O) groups excluding carboxylic acids is 1. The van der Waals surface area contributed by atoms with Gasteiger partial charge in [-0.3, -0.25) is 4.79 Å². The first-order valence-corrected chi connectivity index (χ1v) is 8.04. The Balaban J connectivity index is 1.91. The fourth-order valence-corrected chi connectivity index (χ4v) is 2.65. The van der Waals surface area contributed by atoms with Crippen molar-refractivity contribution in [2.24, 2.45) is 5.41 Å². The quantitative estimate of drug-likeness (QED) is 0.778. The smallest absolute Gasteiger partial charge is 0.311 e. The van der Waals surface area contributed by atoms with Crippen LogP contribution in [0.4, 0.5) is 0 Å². The second-order valence-corrected chi connectivity index (χ2v) is 6.53. The number of hydrogen-bond acceptors (Lipinski definition) is 3. The lowest BCUT2D eigenvalue weighted by atomic mass is 9.89. The molecule has 1 unspecified atom stereocenters. The van der Waals surface area contributed by atoms with Crippen LogP contribution in [0.2, 0.25) is 0 Å². The first-order valence-electron chi connectivity index (χ1n) is 8.04. The second-order valence-electron chi connectivity index (χ2n) is 6.53. The molecule has 1 aliphatic heterocycles. The number of ether oxygens (including phenoxy) is 2. The molecule has 1 aromatic carbocycles. The number of benzene rings is 1. The number of fused-ring (bicyclic) bond motifs is 2. The minimum absolute atomic E-state index is 0.109. The highest BCUT2D eigenvalue weighted by Gasteiger charge is 2.30. The van der Waals surface area contributed by atoms with Crippen molar-refractivity contribution in [2.75, 3.05) is 6.61 Å². The van der Waals surface area contributed by atoms with Crippen LogP contribution in [-0.4, -0.2) is 18.7 Å². The minimum Gasteiger partial charge on any atom is -0.481 e. The fourth-order valence-electron chi connectivity index (χ4n) is 2.65. The van der Waals surface area contributed by atoms with Crippen molar-refractivity contribution >= 4 is 11.5 Å². The zero-order valence-electron chi connectivity index (χ0n) is 13.8. The average molecular weight is 310 g/mol. The van der Waals surface area contributed by atoms with E-state index in [9.17, 15) is 4.79 Å². The molecule has 1 aromatic rings. The maximum Gasteiger partial charge on any atom is 0.311 e. The van der Waals surface area contributed by atoms with Gasteiger partial charge in [-0.25, -0.2) is 0 Å². The molecular weight excluding hydrogens is 288 g/mol. The van der Waals surface area contributed by atoms with E-state index in [0.717, 1.165) is 28.9 Å². The number of allylic oxidation sites excluding steroid dienone is 2. The lowest BCUT2D eigenvalue weighted by molar-refractivity contribution is -0.152. The lowest BCUT2D eigenvalue weighted by Gasteiger charge is -2.30. The molecule has 0 saturated heterocycles. The first-order chi connectivity index (χ1) is 11.0. The van der Waals surface area contributed by atoms with Gasteiger partial charge in [0, 0.05) is 16.7 Å². The molecular formula is C20H22O3. The summed E-state index contributed by atoms with van der Waals surface area (Å²) < 4.78 is 11.7. The molecule has 2 aliphatic rings. The molecule has 0 N–H and O–H groups in total. The van der Waals surface area contributed by atoms with E-state index in [4.69, 9.17) is 9.47 Å². The highest BCUT2D eigenvalue weighted by Crippen LogP contribution is 2.38. The van der Waals surface area contributed by atoms with Gasteiger partial charge in [0.2, 0.25) is 0 Å². The Labute approximate surface area is 137 Å². The molecule has 0 saturated carbocycles. The van der Waals surface area contributed by atoms with Crippen LogP contribution >= 0.6 is 0 Å². The molecule has 0 radical (unpaired) electrons. The normalized spacial score (nSPS) is 19.0. The molecule has 3 rings (SSSR count). The molecule has 23 heavy (non-hydrogen) atoms. The molecule has 1 aliphatic carbocycles. The highest BCUT2D eigenvalue weighted by atomic mass is 16.5. The molecule has 3 nitrogen and oxygen atoms in total. The lowest BCUT2D eigenvalue weighted by Crippen LogP contribution is -2.28. The number of esters is 1. The van der Waals surface area contributed by atoms with Crippen LogP contribution < -0.4 is 4.74 Å². The summed E-state index contributed by atoms with van der Waals surface area (Å²) in [7, 11) is 0. The van der Waals surface area contributed by atoms with Crippen molar-refractivity contribution < 1.29 is 14.3 Å². The third-order valence-corrected chi connectivity index (χ3v) is 4.58. The van der Waals surface area contributed by atoms with Gasteiger partial charge in [-0.2, -0.15) is 0 Å². The van der Waals surface area contributed by atoms with E-state index >= 15 is 0 Å². The summed E-state index contributed by atoms with van der Waals surface area (Å²) in [6.07, 6.45) is 8.66. The summed E-state index contributed by atoms with van der Waals surface area (Å²) in [5.41, 5.74) is 2.63. The van der Waals surface area contributed by atoms with Gasteiger partial charge in [-0.05, 0) is 32.4 Å². The van der Waals surface area contributed by atoms with Gasteiger partial charge in [0.05, 0.1) is 5.41 Å². The van der Waals surface area contributed by atoms with Gasteiger partial charge in [0.1, 0.15) is 18.5 Å².